The quantitative estimate of drug-likeness (QED) is 0.364. The monoisotopic (exact) mass is 286 g/mol. The molecule has 2 rings (SSSR count). The number of esters is 1. The molecule has 0 unspecified atom stereocenters. The van der Waals surface area contributed by atoms with Crippen molar-refractivity contribution in [3.8, 4) is 11.5 Å². The van der Waals surface area contributed by atoms with Crippen LogP contribution in [0.4, 0.5) is 11.4 Å². The molecular weight excluding hydrogens is 272 g/mol. The standard InChI is InChI=1S/C15H14N2O4/c1-11(18)21-14-8-6-12(7-9-14)17(16-19)13-4-3-5-15(10-13)20-2/h3-10H,1-2H3. The number of nitroso groups, excluding NO2 is 1. The molecule has 108 valence electrons. The van der Waals surface area contributed by atoms with Crippen molar-refractivity contribution in [2.45, 2.75) is 6.92 Å². The van der Waals surface area contributed by atoms with Crippen molar-refractivity contribution < 1.29 is 14.3 Å². The highest BCUT2D eigenvalue weighted by molar-refractivity contribution is 5.70. The molecule has 0 bridgehead atoms. The molecule has 0 saturated carbocycles. The van der Waals surface area contributed by atoms with Gasteiger partial charge in [-0.1, -0.05) is 6.07 Å². The number of rotatable bonds is 5. The molecule has 21 heavy (non-hydrogen) atoms. The zero-order valence-electron chi connectivity index (χ0n) is 11.6. The van der Waals surface area contributed by atoms with Crippen LogP contribution in [0, 0.1) is 4.91 Å². The number of methoxy groups -OCH3 is 1. The molecule has 0 spiro atoms. The molecule has 0 heterocycles. The van der Waals surface area contributed by atoms with Crippen molar-refractivity contribution in [1.29, 1.82) is 0 Å². The van der Waals surface area contributed by atoms with Crippen LogP contribution in [0.1, 0.15) is 6.92 Å². The number of ether oxygens (including phenoxy) is 2. The number of hydrogen-bond donors (Lipinski definition) is 0. The minimum absolute atomic E-state index is 0.402. The maximum Gasteiger partial charge on any atom is 0.308 e. The minimum Gasteiger partial charge on any atom is -0.497 e. The summed E-state index contributed by atoms with van der Waals surface area (Å²) >= 11 is 0. The summed E-state index contributed by atoms with van der Waals surface area (Å²) < 4.78 is 10.1. The van der Waals surface area contributed by atoms with E-state index in [1.54, 1.807) is 55.6 Å². The number of hydrogen-bond acceptors (Lipinski definition) is 5. The number of anilines is 2. The second-order valence-electron chi connectivity index (χ2n) is 4.18. The third-order valence-electron chi connectivity index (χ3n) is 2.72. The lowest BCUT2D eigenvalue weighted by molar-refractivity contribution is -0.131. The van der Waals surface area contributed by atoms with Crippen molar-refractivity contribution in [3.05, 3.63) is 53.4 Å². The Kier molecular flexibility index (Phi) is 4.50. The molecular formula is C15H14N2O4. The Labute approximate surface area is 121 Å². The topological polar surface area (TPSA) is 68.2 Å². The second-order valence-corrected chi connectivity index (χ2v) is 4.18. The highest BCUT2D eigenvalue weighted by Crippen LogP contribution is 2.29. The molecule has 6 heteroatoms. The van der Waals surface area contributed by atoms with Crippen LogP contribution in [0.5, 0.6) is 11.5 Å². The zero-order valence-corrected chi connectivity index (χ0v) is 11.6. The molecule has 0 saturated heterocycles. The predicted octanol–water partition coefficient (Wildman–Crippen LogP) is 3.44. The molecule has 0 aliphatic carbocycles. The Morgan fingerprint density at radius 2 is 1.76 bits per heavy atom. The molecule has 2 aromatic rings. The van der Waals surface area contributed by atoms with Crippen molar-refractivity contribution in [2.24, 2.45) is 5.29 Å². The number of carbonyl (C=O) groups excluding carboxylic acids is 1. The van der Waals surface area contributed by atoms with Gasteiger partial charge in [-0.3, -0.25) is 4.79 Å². The molecule has 0 radical (unpaired) electrons. The maximum absolute atomic E-state index is 11.1. The summed E-state index contributed by atoms with van der Waals surface area (Å²) in [5, 5.41) is 4.24. The highest BCUT2D eigenvalue weighted by Gasteiger charge is 2.11. The third-order valence-corrected chi connectivity index (χ3v) is 2.72. The van der Waals surface area contributed by atoms with Gasteiger partial charge in [-0.2, -0.15) is 5.01 Å². The van der Waals surface area contributed by atoms with Crippen LogP contribution in [-0.4, -0.2) is 13.1 Å². The lowest BCUT2D eigenvalue weighted by atomic mass is 10.2. The van der Waals surface area contributed by atoms with E-state index in [0.29, 0.717) is 22.9 Å². The van der Waals surface area contributed by atoms with E-state index in [1.165, 1.54) is 11.9 Å². The lowest BCUT2D eigenvalue weighted by Gasteiger charge is -2.16. The Bertz CT molecular complexity index is 640. The first-order valence-electron chi connectivity index (χ1n) is 6.20. The van der Waals surface area contributed by atoms with Crippen molar-refractivity contribution in [3.63, 3.8) is 0 Å². The van der Waals surface area contributed by atoms with E-state index in [9.17, 15) is 9.70 Å². The number of benzene rings is 2. The Morgan fingerprint density at radius 1 is 1.05 bits per heavy atom. The first-order chi connectivity index (χ1) is 10.1. The summed E-state index contributed by atoms with van der Waals surface area (Å²) in [4.78, 5) is 22.0. The fourth-order valence-electron chi connectivity index (χ4n) is 1.81. The second kappa shape index (κ2) is 6.51. The fraction of sp³-hybridized carbons (Fsp3) is 0.133. The number of nitrogens with zero attached hydrogens (tertiary/aromatic N) is 2. The normalized spacial score (nSPS) is 9.81. The van der Waals surface area contributed by atoms with Gasteiger partial charge < -0.3 is 9.47 Å². The van der Waals surface area contributed by atoms with E-state index in [4.69, 9.17) is 9.47 Å². The van der Waals surface area contributed by atoms with Gasteiger partial charge in [-0.25, -0.2) is 0 Å². The smallest absolute Gasteiger partial charge is 0.308 e. The van der Waals surface area contributed by atoms with Gasteiger partial charge >= 0.3 is 5.97 Å². The van der Waals surface area contributed by atoms with E-state index in [2.05, 4.69) is 5.29 Å². The van der Waals surface area contributed by atoms with Crippen LogP contribution in [-0.2, 0) is 4.79 Å². The van der Waals surface area contributed by atoms with Crippen molar-refractivity contribution in [1.82, 2.24) is 0 Å². The van der Waals surface area contributed by atoms with Gasteiger partial charge in [0.25, 0.3) is 0 Å². The SMILES string of the molecule is COc1cccc(N(N=O)c2ccc(OC(C)=O)cc2)c1. The predicted molar refractivity (Wildman–Crippen MR) is 78.7 cm³/mol. The van der Waals surface area contributed by atoms with Crippen LogP contribution in [0.15, 0.2) is 53.8 Å². The van der Waals surface area contributed by atoms with Crippen LogP contribution in [0.2, 0.25) is 0 Å². The first-order valence-corrected chi connectivity index (χ1v) is 6.20. The summed E-state index contributed by atoms with van der Waals surface area (Å²) in [6.07, 6.45) is 0. The molecule has 2 aromatic carbocycles. The van der Waals surface area contributed by atoms with Gasteiger partial charge in [-0.15, -0.1) is 4.91 Å². The minimum atomic E-state index is -0.402. The van der Waals surface area contributed by atoms with Gasteiger partial charge in [-0.05, 0) is 36.4 Å². The van der Waals surface area contributed by atoms with Crippen molar-refractivity contribution >= 4 is 17.3 Å². The van der Waals surface area contributed by atoms with Gasteiger partial charge in [0.1, 0.15) is 11.5 Å². The molecule has 0 aromatic heterocycles. The first kappa shape index (κ1) is 14.5. The van der Waals surface area contributed by atoms with E-state index in [0.717, 1.165) is 0 Å². The van der Waals surface area contributed by atoms with E-state index >= 15 is 0 Å². The Balaban J connectivity index is 2.28. The van der Waals surface area contributed by atoms with Gasteiger partial charge in [0.15, 0.2) is 0 Å². The van der Waals surface area contributed by atoms with E-state index < -0.39 is 5.97 Å². The maximum atomic E-state index is 11.1. The molecule has 0 fully saturated rings. The van der Waals surface area contributed by atoms with E-state index in [1.807, 2.05) is 0 Å². The molecule has 0 aliphatic heterocycles. The lowest BCUT2D eigenvalue weighted by Crippen LogP contribution is -2.08. The molecule has 6 nitrogen and oxygen atoms in total. The van der Waals surface area contributed by atoms with Crippen LogP contribution in [0.25, 0.3) is 0 Å². The average Bonchev–Trinajstić information content (AvgIpc) is 2.49. The van der Waals surface area contributed by atoms with Crippen LogP contribution < -0.4 is 14.5 Å². The molecule has 0 amide bonds. The molecule has 0 aliphatic rings. The highest BCUT2D eigenvalue weighted by atomic mass is 16.5. The van der Waals surface area contributed by atoms with Gasteiger partial charge in [0.05, 0.1) is 23.8 Å². The third kappa shape index (κ3) is 3.56. The van der Waals surface area contributed by atoms with Crippen LogP contribution in [0.3, 0.4) is 0 Å². The zero-order chi connectivity index (χ0) is 15.2. The van der Waals surface area contributed by atoms with Gasteiger partial charge in [0.2, 0.25) is 0 Å². The summed E-state index contributed by atoms with van der Waals surface area (Å²) in [5.41, 5.74) is 1.12. The fourth-order valence-corrected chi connectivity index (χ4v) is 1.81. The summed E-state index contributed by atoms with van der Waals surface area (Å²) in [6.45, 7) is 1.32. The summed E-state index contributed by atoms with van der Waals surface area (Å²) in [6, 6.07) is 13.4. The number of carbonyl (C=O) groups is 1. The van der Waals surface area contributed by atoms with E-state index in [-0.39, 0.29) is 0 Å². The Morgan fingerprint density at radius 3 is 2.33 bits per heavy atom. The molecule has 0 atom stereocenters. The van der Waals surface area contributed by atoms with Gasteiger partial charge in [0, 0.05) is 13.0 Å². The largest absolute Gasteiger partial charge is 0.497 e. The molecule has 0 N–H and O–H groups in total. The Hall–Kier alpha value is -2.89. The summed E-state index contributed by atoms with van der Waals surface area (Å²) in [5.74, 6) is 0.626. The average molecular weight is 286 g/mol. The summed E-state index contributed by atoms with van der Waals surface area (Å²) in [7, 11) is 1.55. The van der Waals surface area contributed by atoms with Crippen LogP contribution >= 0.6 is 0 Å². The van der Waals surface area contributed by atoms with Crippen molar-refractivity contribution in [2.75, 3.05) is 12.1 Å².